The highest BCUT2D eigenvalue weighted by atomic mass is 16.2. The number of rotatable bonds is 2. The second kappa shape index (κ2) is 6.01. The molecule has 1 fully saturated rings. The molecule has 1 amide bonds. The van der Waals surface area contributed by atoms with Gasteiger partial charge in [0.25, 0.3) is 5.91 Å². The number of anilines is 2. The Morgan fingerprint density at radius 2 is 1.86 bits per heavy atom. The molecular formula is C16H19N5O. The number of hydrogen-bond acceptors (Lipinski definition) is 5. The number of carbonyl (C=O) groups excluding carboxylic acids is 1. The summed E-state index contributed by atoms with van der Waals surface area (Å²) in [6.45, 7) is 5.00. The Bertz CT molecular complexity index is 680. The smallest absolute Gasteiger partial charge is 0.276 e. The fraction of sp³-hybridized carbons (Fsp3) is 0.312. The normalized spacial score (nSPS) is 15.0. The summed E-state index contributed by atoms with van der Waals surface area (Å²) >= 11 is 0. The molecule has 0 radical (unpaired) electrons. The van der Waals surface area contributed by atoms with E-state index < -0.39 is 0 Å². The zero-order valence-corrected chi connectivity index (χ0v) is 12.6. The summed E-state index contributed by atoms with van der Waals surface area (Å²) in [5, 5.41) is 0. The highest BCUT2D eigenvalue weighted by molar-refractivity contribution is 5.96. The monoisotopic (exact) mass is 297 g/mol. The van der Waals surface area contributed by atoms with Gasteiger partial charge in [0.1, 0.15) is 0 Å². The minimum Gasteiger partial charge on any atom is -0.382 e. The largest absolute Gasteiger partial charge is 0.382 e. The molecule has 1 aromatic heterocycles. The summed E-state index contributed by atoms with van der Waals surface area (Å²) in [5.74, 6) is 0.0445. The van der Waals surface area contributed by atoms with Crippen LogP contribution in [0.25, 0.3) is 0 Å². The molecular weight excluding hydrogens is 278 g/mol. The quantitative estimate of drug-likeness (QED) is 0.905. The van der Waals surface area contributed by atoms with Crippen molar-refractivity contribution in [2.24, 2.45) is 0 Å². The first-order valence-corrected chi connectivity index (χ1v) is 7.32. The lowest BCUT2D eigenvalue weighted by Gasteiger charge is -2.36. The van der Waals surface area contributed by atoms with Gasteiger partial charge in [-0.1, -0.05) is 12.1 Å². The molecule has 2 aromatic rings. The summed E-state index contributed by atoms with van der Waals surface area (Å²) < 4.78 is 0. The first-order chi connectivity index (χ1) is 10.6. The van der Waals surface area contributed by atoms with Crippen LogP contribution >= 0.6 is 0 Å². The molecule has 2 heterocycles. The van der Waals surface area contributed by atoms with Gasteiger partial charge in [-0.25, -0.2) is 9.97 Å². The molecule has 1 aliphatic heterocycles. The molecule has 1 saturated heterocycles. The number of hydrogen-bond donors (Lipinski definition) is 1. The summed E-state index contributed by atoms with van der Waals surface area (Å²) in [5.41, 5.74) is 8.41. The molecule has 0 aliphatic carbocycles. The molecule has 0 spiro atoms. The van der Waals surface area contributed by atoms with Crippen LogP contribution < -0.4 is 10.6 Å². The highest BCUT2D eigenvalue weighted by Gasteiger charge is 2.24. The van der Waals surface area contributed by atoms with E-state index in [1.807, 2.05) is 0 Å². The van der Waals surface area contributed by atoms with Gasteiger partial charge < -0.3 is 15.5 Å². The summed E-state index contributed by atoms with van der Waals surface area (Å²) in [7, 11) is 0. The van der Waals surface area contributed by atoms with Crippen molar-refractivity contribution in [3.63, 3.8) is 0 Å². The third-order valence-electron chi connectivity index (χ3n) is 3.86. The predicted octanol–water partition coefficient (Wildman–Crippen LogP) is 1.33. The Balaban J connectivity index is 1.67. The van der Waals surface area contributed by atoms with Crippen LogP contribution in [0.2, 0.25) is 0 Å². The van der Waals surface area contributed by atoms with E-state index in [1.165, 1.54) is 23.6 Å². The molecule has 1 aliphatic rings. The Morgan fingerprint density at radius 1 is 1.14 bits per heavy atom. The van der Waals surface area contributed by atoms with E-state index in [0.29, 0.717) is 13.1 Å². The molecule has 1 aromatic carbocycles. The van der Waals surface area contributed by atoms with Crippen LogP contribution in [-0.4, -0.2) is 47.0 Å². The number of carbonyl (C=O) groups is 1. The summed E-state index contributed by atoms with van der Waals surface area (Å²) in [4.78, 5) is 24.5. The fourth-order valence-electron chi connectivity index (χ4n) is 2.66. The van der Waals surface area contributed by atoms with Crippen LogP contribution in [0.15, 0.2) is 36.7 Å². The maximum atomic E-state index is 12.4. The van der Waals surface area contributed by atoms with Crippen LogP contribution in [0.5, 0.6) is 0 Å². The molecule has 6 heteroatoms. The highest BCUT2D eigenvalue weighted by Crippen LogP contribution is 2.19. The number of aromatic nitrogens is 2. The number of nitrogens with two attached hydrogens (primary N) is 1. The fourth-order valence-corrected chi connectivity index (χ4v) is 2.66. The first kappa shape index (κ1) is 14.3. The lowest BCUT2D eigenvalue weighted by Crippen LogP contribution is -2.49. The Kier molecular flexibility index (Phi) is 3.91. The van der Waals surface area contributed by atoms with Crippen molar-refractivity contribution in [1.29, 1.82) is 0 Å². The van der Waals surface area contributed by atoms with Crippen molar-refractivity contribution in [1.82, 2.24) is 14.9 Å². The summed E-state index contributed by atoms with van der Waals surface area (Å²) in [6.07, 6.45) is 2.98. The van der Waals surface area contributed by atoms with Crippen molar-refractivity contribution >= 4 is 17.4 Å². The van der Waals surface area contributed by atoms with Crippen LogP contribution in [0.4, 0.5) is 11.5 Å². The second-order valence-electron chi connectivity index (χ2n) is 5.41. The van der Waals surface area contributed by atoms with Gasteiger partial charge in [-0.15, -0.1) is 0 Å². The standard InChI is InChI=1S/C16H19N5O/c1-12-3-2-4-13(11-12)20-7-9-21(10-8-20)16(22)14-15(17)19-6-5-18-14/h2-6,11H,7-10H2,1H3,(H2,17,19). The lowest BCUT2D eigenvalue weighted by molar-refractivity contribution is 0.0741. The molecule has 0 unspecified atom stereocenters. The van der Waals surface area contributed by atoms with Crippen molar-refractivity contribution in [2.75, 3.05) is 36.8 Å². The van der Waals surface area contributed by atoms with Gasteiger partial charge in [0.05, 0.1) is 0 Å². The Labute approximate surface area is 129 Å². The van der Waals surface area contributed by atoms with Gasteiger partial charge in [0, 0.05) is 44.3 Å². The second-order valence-corrected chi connectivity index (χ2v) is 5.41. The van der Waals surface area contributed by atoms with Crippen LogP contribution in [-0.2, 0) is 0 Å². The molecule has 6 nitrogen and oxygen atoms in total. The number of piperazine rings is 1. The topological polar surface area (TPSA) is 75.3 Å². The Morgan fingerprint density at radius 3 is 2.55 bits per heavy atom. The van der Waals surface area contributed by atoms with Gasteiger partial charge >= 0.3 is 0 Å². The van der Waals surface area contributed by atoms with E-state index in [1.54, 1.807) is 4.90 Å². The minimum atomic E-state index is -0.144. The number of amides is 1. The van der Waals surface area contributed by atoms with E-state index >= 15 is 0 Å². The Hall–Kier alpha value is -2.63. The summed E-state index contributed by atoms with van der Waals surface area (Å²) in [6, 6.07) is 8.41. The van der Waals surface area contributed by atoms with Crippen molar-refractivity contribution in [3.05, 3.63) is 47.9 Å². The number of benzene rings is 1. The molecule has 2 N–H and O–H groups in total. The zero-order valence-electron chi connectivity index (χ0n) is 12.6. The lowest BCUT2D eigenvalue weighted by atomic mass is 10.2. The van der Waals surface area contributed by atoms with Crippen LogP contribution in [0.1, 0.15) is 16.1 Å². The number of nitrogen functional groups attached to an aromatic ring is 1. The molecule has 3 rings (SSSR count). The molecule has 0 saturated carbocycles. The maximum Gasteiger partial charge on any atom is 0.276 e. The number of nitrogens with zero attached hydrogens (tertiary/aromatic N) is 4. The van der Waals surface area contributed by atoms with E-state index in [0.717, 1.165) is 13.1 Å². The molecule has 114 valence electrons. The van der Waals surface area contributed by atoms with E-state index in [9.17, 15) is 4.79 Å². The zero-order chi connectivity index (χ0) is 15.5. The van der Waals surface area contributed by atoms with Gasteiger partial charge in [0.15, 0.2) is 11.5 Å². The van der Waals surface area contributed by atoms with Gasteiger partial charge in [0.2, 0.25) is 0 Å². The van der Waals surface area contributed by atoms with Crippen LogP contribution in [0.3, 0.4) is 0 Å². The van der Waals surface area contributed by atoms with Gasteiger partial charge in [-0.3, -0.25) is 4.79 Å². The van der Waals surface area contributed by atoms with E-state index in [4.69, 9.17) is 5.73 Å². The van der Waals surface area contributed by atoms with Crippen molar-refractivity contribution in [3.8, 4) is 0 Å². The molecule has 22 heavy (non-hydrogen) atoms. The average molecular weight is 297 g/mol. The predicted molar refractivity (Wildman–Crippen MR) is 85.7 cm³/mol. The van der Waals surface area contributed by atoms with Crippen molar-refractivity contribution < 1.29 is 4.79 Å². The minimum absolute atomic E-state index is 0.144. The number of aryl methyl sites for hydroxylation is 1. The third-order valence-corrected chi connectivity index (χ3v) is 3.86. The third kappa shape index (κ3) is 2.86. The molecule has 0 atom stereocenters. The first-order valence-electron chi connectivity index (χ1n) is 7.32. The van der Waals surface area contributed by atoms with Gasteiger partial charge in [-0.2, -0.15) is 0 Å². The van der Waals surface area contributed by atoms with Crippen molar-refractivity contribution in [2.45, 2.75) is 6.92 Å². The maximum absolute atomic E-state index is 12.4. The SMILES string of the molecule is Cc1cccc(N2CCN(C(=O)c3nccnc3N)CC2)c1. The van der Waals surface area contributed by atoms with Crippen LogP contribution in [0, 0.1) is 6.92 Å². The van der Waals surface area contributed by atoms with Gasteiger partial charge in [-0.05, 0) is 24.6 Å². The average Bonchev–Trinajstić information content (AvgIpc) is 2.55. The van der Waals surface area contributed by atoms with E-state index in [2.05, 4.69) is 46.1 Å². The van der Waals surface area contributed by atoms with E-state index in [-0.39, 0.29) is 17.4 Å². The molecule has 0 bridgehead atoms.